The van der Waals surface area contributed by atoms with E-state index in [-0.39, 0.29) is 5.82 Å². The van der Waals surface area contributed by atoms with Gasteiger partial charge in [-0.1, -0.05) is 6.07 Å². The van der Waals surface area contributed by atoms with Crippen molar-refractivity contribution in [3.63, 3.8) is 0 Å². The lowest BCUT2D eigenvalue weighted by atomic mass is 10.0. The fraction of sp³-hybridized carbons (Fsp3) is 0.571. The SMILES string of the molecule is CN1CCC(N(C)Cc2ccc(F)cc2N)CC1. The summed E-state index contributed by atoms with van der Waals surface area (Å²) in [6.45, 7) is 3.09. The van der Waals surface area contributed by atoms with Crippen LogP contribution in [-0.2, 0) is 6.54 Å². The standard InChI is InChI=1S/C14H22FN3/c1-17-7-5-13(6-8-17)18(2)10-11-3-4-12(15)9-14(11)16/h3-4,9,13H,5-8,10,16H2,1-2H3. The van der Waals surface area contributed by atoms with Crippen LogP contribution in [0.1, 0.15) is 18.4 Å². The highest BCUT2D eigenvalue weighted by atomic mass is 19.1. The number of anilines is 1. The van der Waals surface area contributed by atoms with Gasteiger partial charge in [0.05, 0.1) is 0 Å². The topological polar surface area (TPSA) is 32.5 Å². The molecule has 0 spiro atoms. The maximum atomic E-state index is 13.0. The number of benzene rings is 1. The minimum atomic E-state index is -0.266. The van der Waals surface area contributed by atoms with Crippen LogP contribution in [0.4, 0.5) is 10.1 Å². The van der Waals surface area contributed by atoms with Gasteiger partial charge in [0.1, 0.15) is 5.82 Å². The lowest BCUT2D eigenvalue weighted by Crippen LogP contribution is -2.41. The number of hydrogen-bond acceptors (Lipinski definition) is 3. The number of piperidine rings is 1. The molecular formula is C14H22FN3. The number of halogens is 1. The lowest BCUT2D eigenvalue weighted by Gasteiger charge is -2.35. The van der Waals surface area contributed by atoms with E-state index in [1.165, 1.54) is 25.0 Å². The van der Waals surface area contributed by atoms with Crippen molar-refractivity contribution in [3.05, 3.63) is 29.6 Å². The summed E-state index contributed by atoms with van der Waals surface area (Å²) < 4.78 is 13.0. The molecule has 2 rings (SSSR count). The van der Waals surface area contributed by atoms with Crippen molar-refractivity contribution in [2.45, 2.75) is 25.4 Å². The highest BCUT2D eigenvalue weighted by molar-refractivity contribution is 5.46. The van der Waals surface area contributed by atoms with Gasteiger partial charge in [0.25, 0.3) is 0 Å². The largest absolute Gasteiger partial charge is 0.398 e. The number of hydrogen-bond donors (Lipinski definition) is 1. The Labute approximate surface area is 108 Å². The van der Waals surface area contributed by atoms with E-state index in [0.29, 0.717) is 11.7 Å². The molecule has 0 aliphatic carbocycles. The molecule has 1 aromatic carbocycles. The van der Waals surface area contributed by atoms with E-state index in [9.17, 15) is 4.39 Å². The van der Waals surface area contributed by atoms with Gasteiger partial charge < -0.3 is 10.6 Å². The average Bonchev–Trinajstić information content (AvgIpc) is 2.33. The van der Waals surface area contributed by atoms with Crippen molar-refractivity contribution < 1.29 is 4.39 Å². The van der Waals surface area contributed by atoms with Gasteiger partial charge in [0.15, 0.2) is 0 Å². The lowest BCUT2D eigenvalue weighted by molar-refractivity contribution is 0.139. The predicted molar refractivity (Wildman–Crippen MR) is 72.8 cm³/mol. The van der Waals surface area contributed by atoms with E-state index in [1.807, 2.05) is 0 Å². The Bertz CT molecular complexity index is 400. The van der Waals surface area contributed by atoms with Gasteiger partial charge in [-0.15, -0.1) is 0 Å². The normalized spacial score (nSPS) is 18.4. The van der Waals surface area contributed by atoms with Crippen molar-refractivity contribution in [1.82, 2.24) is 9.80 Å². The fourth-order valence-corrected chi connectivity index (χ4v) is 2.54. The molecule has 1 saturated heterocycles. The quantitative estimate of drug-likeness (QED) is 0.833. The minimum absolute atomic E-state index is 0.266. The molecule has 0 atom stereocenters. The van der Waals surface area contributed by atoms with E-state index in [4.69, 9.17) is 5.73 Å². The molecule has 0 amide bonds. The van der Waals surface area contributed by atoms with Gasteiger partial charge in [-0.25, -0.2) is 4.39 Å². The third-order valence-corrected chi connectivity index (χ3v) is 3.84. The van der Waals surface area contributed by atoms with E-state index in [1.54, 1.807) is 6.07 Å². The second kappa shape index (κ2) is 5.67. The number of nitrogens with zero attached hydrogens (tertiary/aromatic N) is 2. The third-order valence-electron chi connectivity index (χ3n) is 3.84. The second-order valence-electron chi connectivity index (χ2n) is 5.29. The Balaban J connectivity index is 1.96. The highest BCUT2D eigenvalue weighted by Crippen LogP contribution is 2.20. The molecule has 0 bridgehead atoms. The summed E-state index contributed by atoms with van der Waals surface area (Å²) in [7, 11) is 4.28. The predicted octanol–water partition coefficient (Wildman–Crippen LogP) is 1.93. The first kappa shape index (κ1) is 13.3. The second-order valence-corrected chi connectivity index (χ2v) is 5.29. The summed E-state index contributed by atoms with van der Waals surface area (Å²) in [5.41, 5.74) is 7.41. The van der Waals surface area contributed by atoms with E-state index < -0.39 is 0 Å². The van der Waals surface area contributed by atoms with Crippen LogP contribution in [-0.4, -0.2) is 43.0 Å². The van der Waals surface area contributed by atoms with Crippen molar-refractivity contribution in [3.8, 4) is 0 Å². The van der Waals surface area contributed by atoms with Gasteiger partial charge in [-0.05, 0) is 57.7 Å². The summed E-state index contributed by atoms with van der Waals surface area (Å²) in [5.74, 6) is -0.266. The van der Waals surface area contributed by atoms with Crippen LogP contribution in [0.15, 0.2) is 18.2 Å². The zero-order valence-electron chi connectivity index (χ0n) is 11.2. The summed E-state index contributed by atoms with van der Waals surface area (Å²) in [4.78, 5) is 4.69. The molecule has 4 heteroatoms. The molecule has 0 unspecified atom stereocenters. The van der Waals surface area contributed by atoms with Crippen LogP contribution in [0.25, 0.3) is 0 Å². The highest BCUT2D eigenvalue weighted by Gasteiger charge is 2.20. The Morgan fingerprint density at radius 3 is 2.67 bits per heavy atom. The zero-order valence-corrected chi connectivity index (χ0v) is 11.2. The van der Waals surface area contributed by atoms with Crippen LogP contribution < -0.4 is 5.73 Å². The molecule has 1 heterocycles. The van der Waals surface area contributed by atoms with Crippen LogP contribution in [0.5, 0.6) is 0 Å². The summed E-state index contributed by atoms with van der Waals surface area (Å²) in [6, 6.07) is 5.27. The maximum Gasteiger partial charge on any atom is 0.125 e. The monoisotopic (exact) mass is 251 g/mol. The van der Waals surface area contributed by atoms with Crippen molar-refractivity contribution in [1.29, 1.82) is 0 Å². The Morgan fingerprint density at radius 2 is 2.06 bits per heavy atom. The van der Waals surface area contributed by atoms with Crippen LogP contribution in [0, 0.1) is 5.82 Å². The number of nitrogens with two attached hydrogens (primary N) is 1. The van der Waals surface area contributed by atoms with E-state index in [2.05, 4.69) is 23.9 Å². The molecule has 1 fully saturated rings. The zero-order chi connectivity index (χ0) is 13.1. The van der Waals surface area contributed by atoms with Gasteiger partial charge in [0.2, 0.25) is 0 Å². The molecule has 0 aromatic heterocycles. The molecule has 2 N–H and O–H groups in total. The first-order valence-electron chi connectivity index (χ1n) is 6.49. The van der Waals surface area contributed by atoms with Gasteiger partial charge in [-0.3, -0.25) is 4.90 Å². The van der Waals surface area contributed by atoms with Gasteiger partial charge in [0, 0.05) is 18.3 Å². The maximum absolute atomic E-state index is 13.0. The van der Waals surface area contributed by atoms with Crippen LogP contribution in [0.2, 0.25) is 0 Å². The third kappa shape index (κ3) is 3.21. The number of nitrogen functional groups attached to an aromatic ring is 1. The van der Waals surface area contributed by atoms with Gasteiger partial charge in [-0.2, -0.15) is 0 Å². The smallest absolute Gasteiger partial charge is 0.125 e. The summed E-state index contributed by atoms with van der Waals surface area (Å²) in [6.07, 6.45) is 2.38. The number of rotatable bonds is 3. The average molecular weight is 251 g/mol. The molecule has 1 aromatic rings. The van der Waals surface area contributed by atoms with Crippen molar-refractivity contribution in [2.24, 2.45) is 0 Å². The Hall–Kier alpha value is -1.13. The van der Waals surface area contributed by atoms with E-state index >= 15 is 0 Å². The Kier molecular flexibility index (Phi) is 4.19. The molecule has 100 valence electrons. The van der Waals surface area contributed by atoms with Crippen molar-refractivity contribution in [2.75, 3.05) is 32.9 Å². The first-order valence-corrected chi connectivity index (χ1v) is 6.49. The molecule has 1 aliphatic rings. The molecule has 3 nitrogen and oxygen atoms in total. The molecular weight excluding hydrogens is 229 g/mol. The molecule has 0 saturated carbocycles. The molecule has 1 aliphatic heterocycles. The van der Waals surface area contributed by atoms with E-state index in [0.717, 1.165) is 25.2 Å². The van der Waals surface area contributed by atoms with Crippen molar-refractivity contribution >= 4 is 5.69 Å². The van der Waals surface area contributed by atoms with Gasteiger partial charge >= 0.3 is 0 Å². The number of likely N-dealkylation sites (tertiary alicyclic amines) is 1. The minimum Gasteiger partial charge on any atom is -0.398 e. The molecule has 18 heavy (non-hydrogen) atoms. The summed E-state index contributed by atoms with van der Waals surface area (Å²) >= 11 is 0. The van der Waals surface area contributed by atoms with Crippen LogP contribution >= 0.6 is 0 Å². The Morgan fingerprint density at radius 1 is 1.39 bits per heavy atom. The summed E-state index contributed by atoms with van der Waals surface area (Å²) in [5, 5.41) is 0. The fourth-order valence-electron chi connectivity index (χ4n) is 2.54. The molecule has 0 radical (unpaired) electrons. The first-order chi connectivity index (χ1) is 8.56. The van der Waals surface area contributed by atoms with Crippen LogP contribution in [0.3, 0.4) is 0 Å².